The minimum atomic E-state index is -0.563. The average Bonchev–Trinajstić information content (AvgIpc) is 3.22. The smallest absolute Gasteiger partial charge is 0.338 e. The fraction of sp³-hybridized carbons (Fsp3) is 0.125. The van der Waals surface area contributed by atoms with E-state index in [4.69, 9.17) is 9.47 Å². The maximum atomic E-state index is 12.4. The summed E-state index contributed by atoms with van der Waals surface area (Å²) in [5.41, 5.74) is 3.24. The van der Waals surface area contributed by atoms with Crippen LogP contribution >= 0.6 is 0 Å². The number of aromatic nitrogens is 2. The number of aromatic amines is 1. The van der Waals surface area contributed by atoms with E-state index in [0.29, 0.717) is 23.5 Å². The van der Waals surface area contributed by atoms with Gasteiger partial charge in [-0.25, -0.2) is 9.78 Å². The zero-order chi connectivity index (χ0) is 20.9. The molecule has 0 radical (unpaired) electrons. The first kappa shape index (κ1) is 19.4. The van der Waals surface area contributed by atoms with E-state index in [-0.39, 0.29) is 12.4 Å². The average molecular weight is 400 g/mol. The van der Waals surface area contributed by atoms with E-state index in [2.05, 4.69) is 9.97 Å². The zero-order valence-electron chi connectivity index (χ0n) is 16.4. The first-order valence-electron chi connectivity index (χ1n) is 9.62. The Morgan fingerprint density at radius 3 is 2.40 bits per heavy atom. The molecule has 4 rings (SSSR count). The van der Waals surface area contributed by atoms with Gasteiger partial charge in [-0.1, -0.05) is 30.3 Å². The first-order valence-corrected chi connectivity index (χ1v) is 9.62. The summed E-state index contributed by atoms with van der Waals surface area (Å²) in [6.45, 7) is 2.11. The number of nitrogens with zero attached hydrogens (tertiary/aromatic N) is 1. The van der Waals surface area contributed by atoms with Crippen molar-refractivity contribution < 1.29 is 19.1 Å². The Morgan fingerprint density at radius 1 is 0.933 bits per heavy atom. The molecule has 0 aliphatic rings. The van der Waals surface area contributed by atoms with Crippen molar-refractivity contribution in [2.45, 2.75) is 6.92 Å². The van der Waals surface area contributed by atoms with Crippen LogP contribution in [-0.4, -0.2) is 34.9 Å². The first-order chi connectivity index (χ1) is 14.6. The molecule has 0 saturated heterocycles. The molecule has 1 heterocycles. The lowest BCUT2D eigenvalue weighted by Crippen LogP contribution is -2.14. The largest absolute Gasteiger partial charge is 0.494 e. The summed E-state index contributed by atoms with van der Waals surface area (Å²) in [6.07, 6.45) is 0. The number of ketones is 1. The highest BCUT2D eigenvalue weighted by Gasteiger charge is 2.14. The van der Waals surface area contributed by atoms with E-state index >= 15 is 0 Å². The highest BCUT2D eigenvalue weighted by atomic mass is 16.5. The van der Waals surface area contributed by atoms with E-state index < -0.39 is 5.97 Å². The Labute approximate surface area is 173 Å². The molecule has 4 aromatic rings. The number of hydrogen-bond acceptors (Lipinski definition) is 5. The fourth-order valence-electron chi connectivity index (χ4n) is 3.07. The standard InChI is InChI=1S/C24H20N2O4/c1-2-29-19-11-8-16(9-12-19)22(27)15-30-24(28)18-10-13-20-21(14-18)26-23(25-20)17-6-4-3-5-7-17/h3-14H,2,15H2,1H3,(H,25,26). The molecule has 1 aromatic heterocycles. The van der Waals surface area contributed by atoms with Crippen molar-refractivity contribution >= 4 is 22.8 Å². The Morgan fingerprint density at radius 2 is 1.67 bits per heavy atom. The van der Waals surface area contributed by atoms with Crippen molar-refractivity contribution in [3.8, 4) is 17.1 Å². The van der Waals surface area contributed by atoms with Crippen LogP contribution in [0.2, 0.25) is 0 Å². The lowest BCUT2D eigenvalue weighted by molar-refractivity contribution is 0.0475. The molecule has 1 N–H and O–H groups in total. The number of rotatable bonds is 7. The SMILES string of the molecule is CCOc1ccc(C(=O)COC(=O)c2ccc3nc(-c4ccccc4)[nH]c3c2)cc1. The van der Waals surface area contributed by atoms with Gasteiger partial charge in [0, 0.05) is 11.1 Å². The third kappa shape index (κ3) is 4.22. The molecule has 6 heteroatoms. The topological polar surface area (TPSA) is 81.3 Å². The molecule has 30 heavy (non-hydrogen) atoms. The van der Waals surface area contributed by atoms with Gasteiger partial charge in [-0.05, 0) is 49.4 Å². The third-order valence-electron chi connectivity index (χ3n) is 4.59. The van der Waals surface area contributed by atoms with Crippen LogP contribution in [0.15, 0.2) is 72.8 Å². The van der Waals surface area contributed by atoms with Crippen LogP contribution in [0.4, 0.5) is 0 Å². The van der Waals surface area contributed by atoms with Gasteiger partial charge in [0.1, 0.15) is 11.6 Å². The maximum Gasteiger partial charge on any atom is 0.338 e. The summed E-state index contributed by atoms with van der Waals surface area (Å²) in [5, 5.41) is 0. The Bertz CT molecular complexity index is 1180. The number of hydrogen-bond donors (Lipinski definition) is 1. The molecule has 0 bridgehead atoms. The lowest BCUT2D eigenvalue weighted by Gasteiger charge is -2.06. The van der Waals surface area contributed by atoms with Crippen LogP contribution in [0.25, 0.3) is 22.4 Å². The molecule has 0 aliphatic heterocycles. The van der Waals surface area contributed by atoms with Crippen molar-refractivity contribution in [1.82, 2.24) is 9.97 Å². The number of Topliss-reactive ketones (excluding diaryl/α,β-unsaturated/α-hetero) is 1. The highest BCUT2D eigenvalue weighted by molar-refractivity contribution is 6.00. The van der Waals surface area contributed by atoms with Gasteiger partial charge in [0.15, 0.2) is 12.4 Å². The summed E-state index contributed by atoms with van der Waals surface area (Å²) in [7, 11) is 0. The van der Waals surface area contributed by atoms with E-state index in [1.165, 1.54) is 0 Å². The number of H-pyrrole nitrogens is 1. The predicted molar refractivity (Wildman–Crippen MR) is 114 cm³/mol. The Balaban J connectivity index is 1.43. The second-order valence-corrected chi connectivity index (χ2v) is 6.64. The molecular weight excluding hydrogens is 380 g/mol. The fourth-order valence-corrected chi connectivity index (χ4v) is 3.07. The minimum Gasteiger partial charge on any atom is -0.494 e. The molecule has 0 spiro atoms. The monoisotopic (exact) mass is 400 g/mol. The summed E-state index contributed by atoms with van der Waals surface area (Å²) in [4.78, 5) is 32.5. The molecule has 0 amide bonds. The van der Waals surface area contributed by atoms with Gasteiger partial charge in [-0.15, -0.1) is 0 Å². The summed E-state index contributed by atoms with van der Waals surface area (Å²) < 4.78 is 10.6. The van der Waals surface area contributed by atoms with Crippen LogP contribution in [0.3, 0.4) is 0 Å². The van der Waals surface area contributed by atoms with Crippen molar-refractivity contribution in [3.63, 3.8) is 0 Å². The van der Waals surface area contributed by atoms with Gasteiger partial charge in [0.05, 0.1) is 23.2 Å². The second-order valence-electron chi connectivity index (χ2n) is 6.64. The van der Waals surface area contributed by atoms with Crippen LogP contribution < -0.4 is 4.74 Å². The van der Waals surface area contributed by atoms with Gasteiger partial charge in [-0.2, -0.15) is 0 Å². The summed E-state index contributed by atoms with van der Waals surface area (Å²) in [5.74, 6) is 0.572. The molecule has 6 nitrogen and oxygen atoms in total. The number of fused-ring (bicyclic) bond motifs is 1. The number of nitrogens with one attached hydrogen (secondary N) is 1. The molecule has 3 aromatic carbocycles. The van der Waals surface area contributed by atoms with Crippen molar-refractivity contribution in [3.05, 3.63) is 83.9 Å². The molecule has 0 unspecified atom stereocenters. The van der Waals surface area contributed by atoms with Gasteiger partial charge in [0.25, 0.3) is 0 Å². The Kier molecular flexibility index (Phi) is 5.57. The number of imidazole rings is 1. The molecule has 150 valence electrons. The lowest BCUT2D eigenvalue weighted by atomic mass is 10.1. The number of ether oxygens (including phenoxy) is 2. The number of carbonyl (C=O) groups excluding carboxylic acids is 2. The van der Waals surface area contributed by atoms with Crippen molar-refractivity contribution in [2.24, 2.45) is 0 Å². The molecule has 0 saturated carbocycles. The molecule has 0 aliphatic carbocycles. The predicted octanol–water partition coefficient (Wildman–Crippen LogP) is 4.67. The van der Waals surface area contributed by atoms with Crippen LogP contribution in [-0.2, 0) is 4.74 Å². The summed E-state index contributed by atoms with van der Waals surface area (Å²) >= 11 is 0. The highest BCUT2D eigenvalue weighted by Crippen LogP contribution is 2.21. The number of carbonyl (C=O) groups is 2. The molecular formula is C24H20N2O4. The zero-order valence-corrected chi connectivity index (χ0v) is 16.4. The van der Waals surface area contributed by atoms with E-state index in [9.17, 15) is 9.59 Å². The van der Waals surface area contributed by atoms with Crippen molar-refractivity contribution in [1.29, 1.82) is 0 Å². The molecule has 0 atom stereocenters. The minimum absolute atomic E-state index is 0.277. The second kappa shape index (κ2) is 8.61. The van der Waals surface area contributed by atoms with Gasteiger partial charge < -0.3 is 14.5 Å². The maximum absolute atomic E-state index is 12.4. The van der Waals surface area contributed by atoms with Gasteiger partial charge >= 0.3 is 5.97 Å². The van der Waals surface area contributed by atoms with E-state index in [0.717, 1.165) is 22.4 Å². The van der Waals surface area contributed by atoms with Crippen LogP contribution in [0, 0.1) is 0 Å². The number of benzene rings is 3. The van der Waals surface area contributed by atoms with Crippen LogP contribution in [0.1, 0.15) is 27.6 Å². The van der Waals surface area contributed by atoms with Crippen LogP contribution in [0.5, 0.6) is 5.75 Å². The summed E-state index contributed by atoms with van der Waals surface area (Å²) in [6, 6.07) is 21.5. The quantitative estimate of drug-likeness (QED) is 0.360. The number of esters is 1. The van der Waals surface area contributed by atoms with Gasteiger partial charge in [0.2, 0.25) is 0 Å². The third-order valence-corrected chi connectivity index (χ3v) is 4.59. The van der Waals surface area contributed by atoms with E-state index in [1.54, 1.807) is 42.5 Å². The normalized spacial score (nSPS) is 10.7. The van der Waals surface area contributed by atoms with Gasteiger partial charge in [-0.3, -0.25) is 4.79 Å². The van der Waals surface area contributed by atoms with Crippen molar-refractivity contribution in [2.75, 3.05) is 13.2 Å². The molecule has 0 fully saturated rings. The van der Waals surface area contributed by atoms with E-state index in [1.807, 2.05) is 37.3 Å². The Hall–Kier alpha value is -3.93.